The number of hydrogen-bond donors (Lipinski definition) is 1. The van der Waals surface area contributed by atoms with Crippen molar-refractivity contribution in [3.8, 4) is 22.9 Å². The van der Waals surface area contributed by atoms with E-state index in [-0.39, 0.29) is 6.79 Å². The smallest absolute Gasteiger partial charge is 0.231 e. The number of benzene rings is 1. The lowest BCUT2D eigenvalue weighted by Gasteiger charge is -2.11. The van der Waals surface area contributed by atoms with Crippen LogP contribution < -0.4 is 14.8 Å². The molecule has 0 aliphatic carbocycles. The van der Waals surface area contributed by atoms with Crippen LogP contribution in [0.3, 0.4) is 0 Å². The van der Waals surface area contributed by atoms with Gasteiger partial charge in [0.2, 0.25) is 6.79 Å². The molecule has 0 saturated heterocycles. The van der Waals surface area contributed by atoms with Gasteiger partial charge in [0, 0.05) is 12.6 Å². The average molecular weight is 397 g/mol. The lowest BCUT2D eigenvalue weighted by Crippen LogP contribution is -2.05. The molecule has 1 aromatic carbocycles. The predicted octanol–water partition coefficient (Wildman–Crippen LogP) is 3.47. The number of nitrogens with one attached hydrogen (secondary N) is 1. The third-order valence-corrected chi connectivity index (χ3v) is 4.41. The molecule has 6 heteroatoms. The van der Waals surface area contributed by atoms with Crippen molar-refractivity contribution < 1.29 is 9.47 Å². The fourth-order valence-electron chi connectivity index (χ4n) is 2.23. The Kier molecular flexibility index (Phi) is 4.14. The third-order valence-electron chi connectivity index (χ3n) is 3.27. The molecule has 0 bridgehead atoms. The SMILES string of the molecule is CCCc1nc(-c2ccc3c(c2)OCO3)nc(NC)c1I. The maximum Gasteiger partial charge on any atom is 0.231 e. The Morgan fingerprint density at radius 1 is 1.24 bits per heavy atom. The van der Waals surface area contributed by atoms with Crippen LogP contribution in [0.25, 0.3) is 11.4 Å². The molecule has 2 aromatic rings. The number of rotatable bonds is 4. The summed E-state index contributed by atoms with van der Waals surface area (Å²) >= 11 is 2.30. The number of halogens is 1. The molecule has 1 aliphatic heterocycles. The number of anilines is 1. The topological polar surface area (TPSA) is 56.3 Å². The fraction of sp³-hybridized carbons (Fsp3) is 0.333. The van der Waals surface area contributed by atoms with Gasteiger partial charge in [0.25, 0.3) is 0 Å². The van der Waals surface area contributed by atoms with Gasteiger partial charge in [0.05, 0.1) is 9.26 Å². The van der Waals surface area contributed by atoms with Gasteiger partial charge in [-0.2, -0.15) is 0 Å². The molecule has 0 amide bonds. The molecule has 2 heterocycles. The highest BCUT2D eigenvalue weighted by Crippen LogP contribution is 2.35. The van der Waals surface area contributed by atoms with Crippen molar-refractivity contribution in [1.82, 2.24) is 9.97 Å². The Balaban J connectivity index is 2.07. The van der Waals surface area contributed by atoms with Crippen LogP contribution in [0, 0.1) is 3.57 Å². The summed E-state index contributed by atoms with van der Waals surface area (Å²) in [4.78, 5) is 9.31. The molecule has 3 rings (SSSR count). The van der Waals surface area contributed by atoms with Crippen molar-refractivity contribution in [1.29, 1.82) is 0 Å². The second-order valence-corrected chi connectivity index (χ2v) is 5.80. The van der Waals surface area contributed by atoms with E-state index in [2.05, 4.69) is 39.8 Å². The molecule has 1 N–H and O–H groups in total. The van der Waals surface area contributed by atoms with E-state index in [1.807, 2.05) is 25.2 Å². The van der Waals surface area contributed by atoms with E-state index in [0.717, 1.165) is 45.0 Å². The number of aromatic nitrogens is 2. The molecule has 0 saturated carbocycles. The summed E-state index contributed by atoms with van der Waals surface area (Å²) in [5.41, 5.74) is 2.01. The summed E-state index contributed by atoms with van der Waals surface area (Å²) in [6.07, 6.45) is 1.99. The first kappa shape index (κ1) is 14.4. The maximum absolute atomic E-state index is 5.42. The lowest BCUT2D eigenvalue weighted by atomic mass is 10.1. The monoisotopic (exact) mass is 397 g/mol. The van der Waals surface area contributed by atoms with E-state index in [9.17, 15) is 0 Å². The first-order chi connectivity index (χ1) is 10.2. The number of ether oxygens (including phenoxy) is 2. The van der Waals surface area contributed by atoms with Gasteiger partial charge < -0.3 is 14.8 Å². The summed E-state index contributed by atoms with van der Waals surface area (Å²) in [5, 5.41) is 3.14. The summed E-state index contributed by atoms with van der Waals surface area (Å²) in [6, 6.07) is 5.79. The van der Waals surface area contributed by atoms with Crippen LogP contribution in [0.2, 0.25) is 0 Å². The molecule has 5 nitrogen and oxygen atoms in total. The van der Waals surface area contributed by atoms with Gasteiger partial charge >= 0.3 is 0 Å². The molecule has 1 aliphatic rings. The highest BCUT2D eigenvalue weighted by atomic mass is 127. The Hall–Kier alpha value is -1.57. The maximum atomic E-state index is 5.42. The van der Waals surface area contributed by atoms with Gasteiger partial charge in [0.1, 0.15) is 5.82 Å². The van der Waals surface area contributed by atoms with Crippen molar-refractivity contribution in [3.63, 3.8) is 0 Å². The Bertz CT molecular complexity index is 676. The van der Waals surface area contributed by atoms with Crippen molar-refractivity contribution in [2.75, 3.05) is 19.2 Å². The largest absolute Gasteiger partial charge is 0.454 e. The van der Waals surface area contributed by atoms with Crippen LogP contribution in [-0.4, -0.2) is 23.8 Å². The fourth-order valence-corrected chi connectivity index (χ4v) is 3.01. The number of nitrogens with zero attached hydrogens (tertiary/aromatic N) is 2. The van der Waals surface area contributed by atoms with Crippen molar-refractivity contribution >= 4 is 28.4 Å². The molecule has 0 unspecified atom stereocenters. The van der Waals surface area contributed by atoms with Gasteiger partial charge in [-0.25, -0.2) is 9.97 Å². The van der Waals surface area contributed by atoms with E-state index >= 15 is 0 Å². The standard InChI is InChI=1S/C15H16IN3O2/c1-3-4-10-13(16)15(17-2)19-14(18-10)9-5-6-11-12(7-9)21-8-20-11/h5-7H,3-4,8H2,1-2H3,(H,17,18,19). The van der Waals surface area contributed by atoms with Gasteiger partial charge in [-0.15, -0.1) is 0 Å². The minimum Gasteiger partial charge on any atom is -0.454 e. The highest BCUT2D eigenvalue weighted by molar-refractivity contribution is 14.1. The minimum atomic E-state index is 0.273. The van der Waals surface area contributed by atoms with E-state index in [1.54, 1.807) is 0 Å². The number of fused-ring (bicyclic) bond motifs is 1. The number of aryl methyl sites for hydroxylation is 1. The van der Waals surface area contributed by atoms with Crippen LogP contribution in [0.4, 0.5) is 5.82 Å². The molecule has 110 valence electrons. The molecular weight excluding hydrogens is 381 g/mol. The van der Waals surface area contributed by atoms with Crippen LogP contribution in [0.15, 0.2) is 18.2 Å². The number of hydrogen-bond acceptors (Lipinski definition) is 5. The van der Waals surface area contributed by atoms with Gasteiger partial charge in [-0.1, -0.05) is 13.3 Å². The van der Waals surface area contributed by atoms with E-state index < -0.39 is 0 Å². The van der Waals surface area contributed by atoms with Gasteiger partial charge in [0.15, 0.2) is 17.3 Å². The Morgan fingerprint density at radius 3 is 2.81 bits per heavy atom. The van der Waals surface area contributed by atoms with Crippen LogP contribution >= 0.6 is 22.6 Å². The van der Waals surface area contributed by atoms with Crippen LogP contribution in [-0.2, 0) is 6.42 Å². The summed E-state index contributed by atoms with van der Waals surface area (Å²) in [7, 11) is 1.88. The summed E-state index contributed by atoms with van der Waals surface area (Å²) in [5.74, 6) is 3.09. The van der Waals surface area contributed by atoms with E-state index in [4.69, 9.17) is 14.5 Å². The first-order valence-corrected chi connectivity index (χ1v) is 7.95. The van der Waals surface area contributed by atoms with Gasteiger partial charge in [-0.3, -0.25) is 0 Å². The zero-order valence-corrected chi connectivity index (χ0v) is 14.1. The molecule has 0 radical (unpaired) electrons. The minimum absolute atomic E-state index is 0.273. The van der Waals surface area contributed by atoms with Crippen molar-refractivity contribution in [2.24, 2.45) is 0 Å². The molecule has 1 aromatic heterocycles. The molecule has 0 spiro atoms. The van der Waals surface area contributed by atoms with Crippen molar-refractivity contribution in [2.45, 2.75) is 19.8 Å². The molecule has 21 heavy (non-hydrogen) atoms. The quantitative estimate of drug-likeness (QED) is 0.801. The highest BCUT2D eigenvalue weighted by Gasteiger charge is 2.17. The van der Waals surface area contributed by atoms with Gasteiger partial charge in [-0.05, 0) is 47.2 Å². The van der Waals surface area contributed by atoms with Crippen LogP contribution in [0.5, 0.6) is 11.5 Å². The molecule has 0 atom stereocenters. The molecule has 0 fully saturated rings. The third kappa shape index (κ3) is 2.76. The average Bonchev–Trinajstić information content (AvgIpc) is 2.97. The lowest BCUT2D eigenvalue weighted by molar-refractivity contribution is 0.174. The first-order valence-electron chi connectivity index (χ1n) is 6.87. The van der Waals surface area contributed by atoms with Crippen LogP contribution in [0.1, 0.15) is 19.0 Å². The van der Waals surface area contributed by atoms with E-state index in [1.165, 1.54) is 0 Å². The summed E-state index contributed by atoms with van der Waals surface area (Å²) in [6.45, 7) is 2.42. The van der Waals surface area contributed by atoms with E-state index in [0.29, 0.717) is 5.82 Å². The molecular formula is C15H16IN3O2. The summed E-state index contributed by atoms with van der Waals surface area (Å²) < 4.78 is 11.8. The zero-order valence-electron chi connectivity index (χ0n) is 11.9. The Labute approximate surface area is 137 Å². The normalized spacial score (nSPS) is 12.5. The Morgan fingerprint density at radius 2 is 2.05 bits per heavy atom. The second kappa shape index (κ2) is 6.05. The second-order valence-electron chi connectivity index (χ2n) is 4.72. The predicted molar refractivity (Wildman–Crippen MR) is 89.8 cm³/mol. The zero-order chi connectivity index (χ0) is 14.8. The van der Waals surface area contributed by atoms with Crippen molar-refractivity contribution in [3.05, 3.63) is 27.5 Å².